The zero-order valence-corrected chi connectivity index (χ0v) is 10.5. The topological polar surface area (TPSA) is 92.4 Å². The molecule has 5 heteroatoms. The minimum absolute atomic E-state index is 0.132. The number of carboxylic acids is 1. The number of nitrogens with one attached hydrogen (secondary N) is 1. The van der Waals surface area contributed by atoms with Crippen LogP contribution in [0.2, 0.25) is 0 Å². The third-order valence-corrected chi connectivity index (χ3v) is 2.91. The summed E-state index contributed by atoms with van der Waals surface area (Å²) in [7, 11) is 0. The molecule has 0 heterocycles. The highest BCUT2D eigenvalue weighted by molar-refractivity contribution is 5.97. The van der Waals surface area contributed by atoms with Crippen LogP contribution in [0.1, 0.15) is 30.6 Å². The van der Waals surface area contributed by atoms with E-state index in [0.29, 0.717) is 17.7 Å². The largest absolute Gasteiger partial charge is 0.480 e. The lowest BCUT2D eigenvalue weighted by atomic mass is 9.99. The second-order valence-corrected chi connectivity index (χ2v) is 4.30. The number of hydrogen-bond donors (Lipinski definition) is 3. The molecule has 0 aliphatic carbocycles. The standard InChI is InChI=1S/C13H18N2O3/c1-3-8(2)11(13(17)18)15-12(16)9-5-4-6-10(14)7-9/h4-8,11H,3,14H2,1-2H3,(H,15,16)(H,17,18)/t8?,11-/m0/s1. The van der Waals surface area contributed by atoms with Gasteiger partial charge in [-0.1, -0.05) is 26.3 Å². The minimum atomic E-state index is -1.03. The molecule has 1 aromatic rings. The quantitative estimate of drug-likeness (QED) is 0.690. The van der Waals surface area contributed by atoms with Crippen molar-refractivity contribution in [2.24, 2.45) is 5.92 Å². The summed E-state index contributed by atoms with van der Waals surface area (Å²) in [4.78, 5) is 23.0. The number of hydrogen-bond acceptors (Lipinski definition) is 3. The second-order valence-electron chi connectivity index (χ2n) is 4.30. The molecule has 1 rings (SSSR count). The zero-order chi connectivity index (χ0) is 13.7. The average Bonchev–Trinajstić information content (AvgIpc) is 2.34. The summed E-state index contributed by atoms with van der Waals surface area (Å²) in [6.07, 6.45) is 0.675. The molecule has 18 heavy (non-hydrogen) atoms. The Bertz CT molecular complexity index is 446. The van der Waals surface area contributed by atoms with E-state index in [4.69, 9.17) is 10.8 Å². The molecule has 0 aliphatic rings. The molecule has 0 saturated heterocycles. The van der Waals surface area contributed by atoms with Crippen LogP contribution in [-0.4, -0.2) is 23.0 Å². The van der Waals surface area contributed by atoms with Crippen LogP contribution in [0.4, 0.5) is 5.69 Å². The van der Waals surface area contributed by atoms with E-state index in [1.807, 2.05) is 6.92 Å². The molecule has 0 aromatic heterocycles. The van der Waals surface area contributed by atoms with Crippen molar-refractivity contribution in [2.75, 3.05) is 5.73 Å². The molecule has 2 atom stereocenters. The molecule has 5 nitrogen and oxygen atoms in total. The Morgan fingerprint density at radius 3 is 2.61 bits per heavy atom. The molecule has 0 fully saturated rings. The van der Waals surface area contributed by atoms with E-state index in [2.05, 4.69) is 5.32 Å². The number of rotatable bonds is 5. The Hall–Kier alpha value is -2.04. The predicted octanol–water partition coefficient (Wildman–Crippen LogP) is 1.50. The van der Waals surface area contributed by atoms with E-state index >= 15 is 0 Å². The van der Waals surface area contributed by atoms with Gasteiger partial charge in [-0.05, 0) is 24.1 Å². The number of aliphatic carboxylic acids is 1. The van der Waals surface area contributed by atoms with E-state index < -0.39 is 17.9 Å². The SMILES string of the molecule is CCC(C)[C@H](NC(=O)c1cccc(N)c1)C(=O)O. The molecule has 98 valence electrons. The smallest absolute Gasteiger partial charge is 0.326 e. The molecule has 4 N–H and O–H groups in total. The van der Waals surface area contributed by atoms with Crippen LogP contribution in [0.15, 0.2) is 24.3 Å². The Morgan fingerprint density at radius 2 is 2.11 bits per heavy atom. The first-order valence-electron chi connectivity index (χ1n) is 5.85. The van der Waals surface area contributed by atoms with Crippen molar-refractivity contribution in [2.45, 2.75) is 26.3 Å². The summed E-state index contributed by atoms with van der Waals surface area (Å²) in [6, 6.07) is 5.55. The van der Waals surface area contributed by atoms with E-state index in [0.717, 1.165) is 0 Å². The highest BCUT2D eigenvalue weighted by Crippen LogP contribution is 2.11. The maximum absolute atomic E-state index is 11.9. The number of carbonyl (C=O) groups is 2. The summed E-state index contributed by atoms with van der Waals surface area (Å²) < 4.78 is 0. The van der Waals surface area contributed by atoms with Crippen LogP contribution < -0.4 is 11.1 Å². The minimum Gasteiger partial charge on any atom is -0.480 e. The lowest BCUT2D eigenvalue weighted by molar-refractivity contribution is -0.140. The van der Waals surface area contributed by atoms with Crippen molar-refractivity contribution in [3.63, 3.8) is 0 Å². The summed E-state index contributed by atoms with van der Waals surface area (Å²) in [5, 5.41) is 11.6. The number of anilines is 1. The maximum atomic E-state index is 11.9. The van der Waals surface area contributed by atoms with Crippen LogP contribution in [0.3, 0.4) is 0 Å². The van der Waals surface area contributed by atoms with Crippen LogP contribution in [0.25, 0.3) is 0 Å². The summed E-state index contributed by atoms with van der Waals surface area (Å²) in [5.41, 5.74) is 6.41. The van der Waals surface area contributed by atoms with Crippen LogP contribution >= 0.6 is 0 Å². The first kappa shape index (κ1) is 14.0. The fraction of sp³-hybridized carbons (Fsp3) is 0.385. The highest BCUT2D eigenvalue weighted by Gasteiger charge is 2.25. The number of nitrogen functional groups attached to an aromatic ring is 1. The van der Waals surface area contributed by atoms with Crippen LogP contribution in [0, 0.1) is 5.92 Å². The predicted molar refractivity (Wildman–Crippen MR) is 69.2 cm³/mol. The highest BCUT2D eigenvalue weighted by atomic mass is 16.4. The van der Waals surface area contributed by atoms with Gasteiger partial charge in [-0.2, -0.15) is 0 Å². The van der Waals surface area contributed by atoms with Gasteiger partial charge in [0, 0.05) is 11.3 Å². The molecule has 1 aromatic carbocycles. The monoisotopic (exact) mass is 250 g/mol. The van der Waals surface area contributed by atoms with Crippen molar-refractivity contribution in [3.05, 3.63) is 29.8 Å². The number of carbonyl (C=O) groups excluding carboxylic acids is 1. The van der Waals surface area contributed by atoms with Gasteiger partial charge < -0.3 is 16.2 Å². The molecule has 0 spiro atoms. The van der Waals surface area contributed by atoms with Crippen molar-refractivity contribution < 1.29 is 14.7 Å². The Morgan fingerprint density at radius 1 is 1.44 bits per heavy atom. The van der Waals surface area contributed by atoms with Crippen molar-refractivity contribution in [1.29, 1.82) is 0 Å². The molecule has 0 radical (unpaired) electrons. The van der Waals surface area contributed by atoms with Gasteiger partial charge in [0.15, 0.2) is 0 Å². The van der Waals surface area contributed by atoms with E-state index in [1.54, 1.807) is 25.1 Å². The lowest BCUT2D eigenvalue weighted by Crippen LogP contribution is -2.45. The second kappa shape index (κ2) is 6.05. The molecule has 0 bridgehead atoms. The average molecular weight is 250 g/mol. The van der Waals surface area contributed by atoms with Crippen LogP contribution in [-0.2, 0) is 4.79 Å². The zero-order valence-electron chi connectivity index (χ0n) is 10.5. The van der Waals surface area contributed by atoms with Gasteiger partial charge in [0.2, 0.25) is 0 Å². The normalized spacial score (nSPS) is 13.7. The van der Waals surface area contributed by atoms with Crippen molar-refractivity contribution in [1.82, 2.24) is 5.32 Å². The number of nitrogens with two attached hydrogens (primary N) is 1. The third kappa shape index (κ3) is 3.48. The molecule has 1 unspecified atom stereocenters. The Labute approximate surface area is 106 Å². The Kier molecular flexibility index (Phi) is 4.71. The van der Waals surface area contributed by atoms with E-state index in [1.165, 1.54) is 6.07 Å². The summed E-state index contributed by atoms with van der Waals surface area (Å²) in [5.74, 6) is -1.58. The number of carboxylic acid groups (broad SMARTS) is 1. The third-order valence-electron chi connectivity index (χ3n) is 2.91. The van der Waals surface area contributed by atoms with Crippen molar-refractivity contribution in [3.8, 4) is 0 Å². The van der Waals surface area contributed by atoms with E-state index in [-0.39, 0.29) is 5.92 Å². The van der Waals surface area contributed by atoms with Crippen LogP contribution in [0.5, 0.6) is 0 Å². The van der Waals surface area contributed by atoms with Gasteiger partial charge in [0.05, 0.1) is 0 Å². The fourth-order valence-corrected chi connectivity index (χ4v) is 1.59. The fourth-order valence-electron chi connectivity index (χ4n) is 1.59. The summed E-state index contributed by atoms with van der Waals surface area (Å²) >= 11 is 0. The molecule has 0 saturated carbocycles. The van der Waals surface area contributed by atoms with E-state index in [9.17, 15) is 9.59 Å². The van der Waals surface area contributed by atoms with Crippen molar-refractivity contribution >= 4 is 17.6 Å². The van der Waals surface area contributed by atoms with Gasteiger partial charge in [0.1, 0.15) is 6.04 Å². The van der Waals surface area contributed by atoms with Gasteiger partial charge in [-0.15, -0.1) is 0 Å². The van der Waals surface area contributed by atoms with Gasteiger partial charge >= 0.3 is 5.97 Å². The Balaban J connectivity index is 2.82. The molecular weight excluding hydrogens is 232 g/mol. The maximum Gasteiger partial charge on any atom is 0.326 e. The number of benzene rings is 1. The molecular formula is C13H18N2O3. The van der Waals surface area contributed by atoms with Gasteiger partial charge in [-0.3, -0.25) is 4.79 Å². The molecule has 1 amide bonds. The first-order valence-corrected chi connectivity index (χ1v) is 5.85. The molecule has 0 aliphatic heterocycles. The lowest BCUT2D eigenvalue weighted by Gasteiger charge is -2.20. The summed E-state index contributed by atoms with van der Waals surface area (Å²) in [6.45, 7) is 3.67. The first-order chi connectivity index (χ1) is 8.45. The number of amides is 1. The van der Waals surface area contributed by atoms with Gasteiger partial charge in [0.25, 0.3) is 5.91 Å². The van der Waals surface area contributed by atoms with Gasteiger partial charge in [-0.25, -0.2) is 4.79 Å².